The molecule has 5 nitrogen and oxygen atoms in total. The van der Waals surface area contributed by atoms with Gasteiger partial charge in [-0.1, -0.05) is 83.1 Å². The number of rotatable bonds is 27. The summed E-state index contributed by atoms with van der Waals surface area (Å²) in [6.45, 7) is 6.01. The highest BCUT2D eigenvalue weighted by Crippen LogP contribution is 2.13. The topological polar surface area (TPSA) is 48.0 Å². The molecule has 0 bridgehead atoms. The first kappa shape index (κ1) is 34.8. The van der Waals surface area contributed by atoms with Crippen LogP contribution in [0.1, 0.15) is 136 Å². The molecule has 0 radical (unpaired) electrons. The normalized spacial score (nSPS) is 11.9. The number of hydroxylamine groups is 2. The van der Waals surface area contributed by atoms with Gasteiger partial charge in [0.2, 0.25) is 5.91 Å². The highest BCUT2D eigenvalue weighted by atomic mass is 16.7. The molecule has 0 atom stereocenters. The van der Waals surface area contributed by atoms with Crippen molar-refractivity contribution in [1.29, 1.82) is 0 Å². The standard InChI is InChI=1S/C31H59NO4/c1-5-7-9-11-13-15-20-24-28-35-31(36-29-25-21-16-14-12-10-8-6-2)27-23-19-17-18-22-26-30(33)32(3)34-4/h13-16,31H,5-12,17-29H2,1-4H3/b15-13-,16-14-. The zero-order valence-corrected chi connectivity index (χ0v) is 24.3. The Morgan fingerprint density at radius 3 is 1.64 bits per heavy atom. The summed E-state index contributed by atoms with van der Waals surface area (Å²) in [5.74, 6) is 0.0472. The van der Waals surface area contributed by atoms with Crippen molar-refractivity contribution in [2.24, 2.45) is 0 Å². The molecule has 5 heteroatoms. The van der Waals surface area contributed by atoms with Crippen molar-refractivity contribution in [2.75, 3.05) is 27.4 Å². The van der Waals surface area contributed by atoms with Gasteiger partial charge in [-0.15, -0.1) is 0 Å². The Hall–Kier alpha value is -1.17. The first-order valence-electron chi connectivity index (χ1n) is 15.0. The molecule has 0 aromatic heterocycles. The Morgan fingerprint density at radius 1 is 0.667 bits per heavy atom. The van der Waals surface area contributed by atoms with E-state index in [1.165, 1.54) is 63.5 Å². The summed E-state index contributed by atoms with van der Waals surface area (Å²) in [4.78, 5) is 16.7. The van der Waals surface area contributed by atoms with Crippen LogP contribution in [0, 0.1) is 0 Å². The molecule has 0 unspecified atom stereocenters. The number of unbranched alkanes of at least 4 members (excludes halogenated alkanes) is 12. The Bertz CT molecular complexity index is 493. The fourth-order valence-corrected chi connectivity index (χ4v) is 3.92. The van der Waals surface area contributed by atoms with E-state index in [4.69, 9.17) is 14.3 Å². The monoisotopic (exact) mass is 509 g/mol. The second kappa shape index (κ2) is 28.4. The number of allylic oxidation sites excluding steroid dienone is 4. The molecule has 0 saturated carbocycles. The Kier molecular flexibility index (Phi) is 27.5. The van der Waals surface area contributed by atoms with E-state index in [0.29, 0.717) is 6.42 Å². The fourth-order valence-electron chi connectivity index (χ4n) is 3.92. The van der Waals surface area contributed by atoms with E-state index < -0.39 is 0 Å². The minimum Gasteiger partial charge on any atom is -0.353 e. The molecular formula is C31H59NO4. The van der Waals surface area contributed by atoms with Crippen molar-refractivity contribution < 1.29 is 19.1 Å². The van der Waals surface area contributed by atoms with Gasteiger partial charge in [0.05, 0.1) is 20.3 Å². The summed E-state index contributed by atoms with van der Waals surface area (Å²) in [6.07, 6.45) is 30.5. The Balaban J connectivity index is 4.09. The molecule has 0 rings (SSSR count). The lowest BCUT2D eigenvalue weighted by Crippen LogP contribution is -2.24. The number of hydrogen-bond acceptors (Lipinski definition) is 4. The number of hydrogen-bond donors (Lipinski definition) is 0. The van der Waals surface area contributed by atoms with E-state index in [-0.39, 0.29) is 12.2 Å². The van der Waals surface area contributed by atoms with Gasteiger partial charge < -0.3 is 9.47 Å². The highest BCUT2D eigenvalue weighted by molar-refractivity contribution is 5.74. The largest absolute Gasteiger partial charge is 0.353 e. The molecule has 1 amide bonds. The lowest BCUT2D eigenvalue weighted by atomic mass is 10.1. The van der Waals surface area contributed by atoms with E-state index in [2.05, 4.69) is 38.2 Å². The van der Waals surface area contributed by atoms with E-state index in [0.717, 1.165) is 77.4 Å². The molecule has 0 heterocycles. The van der Waals surface area contributed by atoms with Crippen molar-refractivity contribution >= 4 is 5.91 Å². The molecule has 0 aromatic carbocycles. The van der Waals surface area contributed by atoms with Gasteiger partial charge in [-0.25, -0.2) is 5.06 Å². The van der Waals surface area contributed by atoms with Crippen LogP contribution in [-0.2, 0) is 19.1 Å². The lowest BCUT2D eigenvalue weighted by molar-refractivity contribution is -0.168. The minimum atomic E-state index is -0.0935. The summed E-state index contributed by atoms with van der Waals surface area (Å²) in [5.41, 5.74) is 0. The number of carbonyl (C=O) groups is 1. The maximum absolute atomic E-state index is 11.8. The molecule has 0 fully saturated rings. The first-order valence-corrected chi connectivity index (χ1v) is 15.0. The van der Waals surface area contributed by atoms with Crippen molar-refractivity contribution in [1.82, 2.24) is 5.06 Å². The summed E-state index contributed by atoms with van der Waals surface area (Å²) in [6, 6.07) is 0. The number of nitrogens with zero attached hydrogens (tertiary/aromatic N) is 1. The number of carbonyl (C=O) groups excluding carboxylic acids is 1. The SMILES string of the molecule is CCCCC/C=C\CCCOC(CCCCCCCC(=O)N(C)OC)OCCC/C=C\CCCCC. The first-order chi connectivity index (χ1) is 17.7. The molecule has 0 spiro atoms. The van der Waals surface area contributed by atoms with Gasteiger partial charge in [-0.2, -0.15) is 0 Å². The van der Waals surface area contributed by atoms with E-state index in [9.17, 15) is 4.79 Å². The molecular weight excluding hydrogens is 450 g/mol. The van der Waals surface area contributed by atoms with Gasteiger partial charge in [-0.05, 0) is 70.6 Å². The van der Waals surface area contributed by atoms with Gasteiger partial charge >= 0.3 is 0 Å². The molecule has 0 N–H and O–H groups in total. The van der Waals surface area contributed by atoms with Gasteiger partial charge in [0.15, 0.2) is 6.29 Å². The third-order valence-corrected chi connectivity index (χ3v) is 6.38. The summed E-state index contributed by atoms with van der Waals surface area (Å²) in [7, 11) is 3.19. The van der Waals surface area contributed by atoms with Crippen molar-refractivity contribution in [2.45, 2.75) is 142 Å². The van der Waals surface area contributed by atoms with Crippen molar-refractivity contribution in [3.63, 3.8) is 0 Å². The highest BCUT2D eigenvalue weighted by Gasteiger charge is 2.10. The zero-order valence-electron chi connectivity index (χ0n) is 24.3. The molecule has 0 aliphatic heterocycles. The summed E-state index contributed by atoms with van der Waals surface area (Å²) in [5, 5.41) is 1.31. The predicted octanol–water partition coefficient (Wildman–Crippen LogP) is 8.93. The zero-order chi connectivity index (χ0) is 26.5. The van der Waals surface area contributed by atoms with Crippen molar-refractivity contribution in [3.05, 3.63) is 24.3 Å². The van der Waals surface area contributed by atoms with E-state index in [1.54, 1.807) is 7.05 Å². The predicted molar refractivity (Wildman–Crippen MR) is 153 cm³/mol. The molecule has 0 saturated heterocycles. The second-order valence-electron chi connectivity index (χ2n) is 9.77. The minimum absolute atomic E-state index is 0.0472. The van der Waals surface area contributed by atoms with Crippen LogP contribution in [0.3, 0.4) is 0 Å². The van der Waals surface area contributed by atoms with Crippen LogP contribution in [0.4, 0.5) is 0 Å². The van der Waals surface area contributed by atoms with Gasteiger partial charge in [-0.3, -0.25) is 9.63 Å². The molecule has 36 heavy (non-hydrogen) atoms. The smallest absolute Gasteiger partial charge is 0.245 e. The number of ether oxygens (including phenoxy) is 2. The van der Waals surface area contributed by atoms with Crippen LogP contribution < -0.4 is 0 Å². The molecule has 212 valence electrons. The van der Waals surface area contributed by atoms with Crippen LogP contribution in [0.2, 0.25) is 0 Å². The third-order valence-electron chi connectivity index (χ3n) is 6.38. The molecule has 0 aliphatic carbocycles. The van der Waals surface area contributed by atoms with Crippen LogP contribution in [0.15, 0.2) is 24.3 Å². The molecule has 0 aromatic rings. The summed E-state index contributed by atoms with van der Waals surface area (Å²) < 4.78 is 12.2. The fraction of sp³-hybridized carbons (Fsp3) is 0.839. The average molecular weight is 510 g/mol. The van der Waals surface area contributed by atoms with Crippen LogP contribution in [0.5, 0.6) is 0 Å². The quantitative estimate of drug-likeness (QED) is 0.0480. The van der Waals surface area contributed by atoms with Crippen LogP contribution in [0.25, 0.3) is 0 Å². The Morgan fingerprint density at radius 2 is 1.14 bits per heavy atom. The van der Waals surface area contributed by atoms with Gasteiger partial charge in [0.1, 0.15) is 0 Å². The lowest BCUT2D eigenvalue weighted by Gasteiger charge is -2.18. The average Bonchev–Trinajstić information content (AvgIpc) is 2.89. The molecule has 0 aliphatic rings. The van der Waals surface area contributed by atoms with Crippen LogP contribution >= 0.6 is 0 Å². The van der Waals surface area contributed by atoms with Crippen molar-refractivity contribution in [3.8, 4) is 0 Å². The van der Waals surface area contributed by atoms with E-state index in [1.807, 2.05) is 0 Å². The second-order valence-corrected chi connectivity index (χ2v) is 9.77. The van der Waals surface area contributed by atoms with Gasteiger partial charge in [0, 0.05) is 13.5 Å². The maximum Gasteiger partial charge on any atom is 0.245 e. The maximum atomic E-state index is 11.8. The van der Waals surface area contributed by atoms with Crippen LogP contribution in [-0.4, -0.2) is 44.6 Å². The summed E-state index contributed by atoms with van der Waals surface area (Å²) >= 11 is 0. The Labute approximate surface area is 224 Å². The third kappa shape index (κ3) is 24.5. The van der Waals surface area contributed by atoms with E-state index >= 15 is 0 Å². The number of amides is 1. The van der Waals surface area contributed by atoms with Gasteiger partial charge in [0.25, 0.3) is 0 Å².